The Balaban J connectivity index is 1.32. The van der Waals surface area contributed by atoms with Crippen molar-refractivity contribution >= 4 is 11.8 Å². The molecule has 0 unspecified atom stereocenters. The Hall–Kier alpha value is -3.52. The first-order chi connectivity index (χ1) is 16.0. The average molecular weight is 450 g/mol. The third kappa shape index (κ3) is 5.64. The molecule has 2 atom stereocenters. The number of halogens is 1. The van der Waals surface area contributed by atoms with Crippen molar-refractivity contribution in [2.75, 3.05) is 6.54 Å². The number of likely N-dealkylation sites (tertiary alicyclic amines) is 1. The van der Waals surface area contributed by atoms with Crippen LogP contribution in [0.25, 0.3) is 11.3 Å². The van der Waals surface area contributed by atoms with Gasteiger partial charge in [0.05, 0.1) is 18.2 Å². The Morgan fingerprint density at radius 1 is 1.24 bits per heavy atom. The molecule has 0 aliphatic carbocycles. The maximum Gasteiger partial charge on any atom is 0.243 e. The number of carbonyl (C=O) groups is 2. The molecule has 33 heavy (non-hydrogen) atoms. The van der Waals surface area contributed by atoms with Gasteiger partial charge in [-0.3, -0.25) is 9.59 Å². The molecule has 0 radical (unpaired) electrons. The van der Waals surface area contributed by atoms with Gasteiger partial charge < -0.3 is 20.9 Å². The number of hydrogen-bond acceptors (Lipinski definition) is 4. The van der Waals surface area contributed by atoms with Crippen molar-refractivity contribution in [2.45, 2.75) is 44.3 Å². The third-order valence-electron chi connectivity index (χ3n) is 5.96. The van der Waals surface area contributed by atoms with Gasteiger partial charge >= 0.3 is 0 Å². The Morgan fingerprint density at radius 2 is 2.09 bits per heavy atom. The number of nitrogens with one attached hydrogen (secondary N) is 2. The summed E-state index contributed by atoms with van der Waals surface area (Å²) in [5, 5.41) is 2.96. The molecule has 0 spiro atoms. The second-order valence-corrected chi connectivity index (χ2v) is 8.39. The van der Waals surface area contributed by atoms with Gasteiger partial charge in [-0.2, -0.15) is 0 Å². The highest BCUT2D eigenvalue weighted by Crippen LogP contribution is 2.21. The molecular formula is C25H28FN5O2. The van der Waals surface area contributed by atoms with E-state index in [-0.39, 0.29) is 30.5 Å². The summed E-state index contributed by atoms with van der Waals surface area (Å²) in [7, 11) is 0. The van der Waals surface area contributed by atoms with E-state index in [0.717, 1.165) is 23.2 Å². The summed E-state index contributed by atoms with van der Waals surface area (Å²) in [5.41, 5.74) is 9.47. The summed E-state index contributed by atoms with van der Waals surface area (Å²) >= 11 is 0. The molecule has 3 aromatic rings. The number of nitrogens with two attached hydrogens (primary N) is 1. The van der Waals surface area contributed by atoms with E-state index in [1.165, 1.54) is 6.07 Å². The highest BCUT2D eigenvalue weighted by atomic mass is 19.1. The number of rotatable bonds is 8. The van der Waals surface area contributed by atoms with Crippen LogP contribution in [0, 0.1) is 5.82 Å². The highest BCUT2D eigenvalue weighted by molar-refractivity contribution is 5.88. The van der Waals surface area contributed by atoms with Crippen LogP contribution in [0.15, 0.2) is 61.1 Å². The van der Waals surface area contributed by atoms with Gasteiger partial charge in [-0.05, 0) is 48.1 Å². The van der Waals surface area contributed by atoms with Gasteiger partial charge in [-0.15, -0.1) is 0 Å². The predicted molar refractivity (Wildman–Crippen MR) is 123 cm³/mol. The first-order valence-corrected chi connectivity index (χ1v) is 11.1. The minimum atomic E-state index is -0.510. The van der Waals surface area contributed by atoms with Gasteiger partial charge in [0, 0.05) is 25.6 Å². The van der Waals surface area contributed by atoms with E-state index in [4.69, 9.17) is 5.73 Å². The van der Waals surface area contributed by atoms with Crippen molar-refractivity contribution in [1.29, 1.82) is 0 Å². The van der Waals surface area contributed by atoms with Crippen LogP contribution in [0.1, 0.15) is 30.4 Å². The van der Waals surface area contributed by atoms with Gasteiger partial charge in [-0.25, -0.2) is 9.37 Å². The maximum absolute atomic E-state index is 13.9. The van der Waals surface area contributed by atoms with Crippen LogP contribution in [0.3, 0.4) is 0 Å². The van der Waals surface area contributed by atoms with Gasteiger partial charge in [0.25, 0.3) is 0 Å². The van der Waals surface area contributed by atoms with E-state index in [0.29, 0.717) is 25.1 Å². The lowest BCUT2D eigenvalue weighted by Crippen LogP contribution is -2.47. The Kier molecular flexibility index (Phi) is 7.14. The normalized spacial score (nSPS) is 16.5. The zero-order valence-electron chi connectivity index (χ0n) is 18.3. The van der Waals surface area contributed by atoms with Crippen molar-refractivity contribution < 1.29 is 14.0 Å². The summed E-state index contributed by atoms with van der Waals surface area (Å²) in [5.74, 6) is -0.663. The second kappa shape index (κ2) is 10.4. The molecule has 4 N–H and O–H groups in total. The van der Waals surface area contributed by atoms with Crippen LogP contribution >= 0.6 is 0 Å². The number of nitrogens with zero attached hydrogens (tertiary/aromatic N) is 2. The number of aromatic nitrogens is 2. The fraction of sp³-hybridized carbons (Fsp3) is 0.320. The van der Waals surface area contributed by atoms with E-state index in [2.05, 4.69) is 15.3 Å². The molecule has 1 fully saturated rings. The molecule has 7 nitrogen and oxygen atoms in total. The number of aromatic amines is 1. The topological polar surface area (TPSA) is 104 Å². The molecule has 1 aliphatic heterocycles. The van der Waals surface area contributed by atoms with E-state index < -0.39 is 12.1 Å². The quantitative estimate of drug-likeness (QED) is 0.492. The number of H-pyrrole nitrogens is 1. The molecule has 2 heterocycles. The van der Waals surface area contributed by atoms with Crippen molar-refractivity contribution in [2.24, 2.45) is 5.73 Å². The molecule has 0 saturated carbocycles. The standard InChI is InChI=1S/C25H28FN5O2/c26-21-8-2-1-6-18(21)12-20(27)13-24(32)31-10-4-9-23(31)25(33)29-14-17-5-3-7-19(11-17)22-15-28-16-30-22/h1-3,5-8,11,15-16,20,23H,4,9-10,12-14,27H2,(H,28,30)(H,29,33)/t20-,23+/m1/s1. The molecule has 1 saturated heterocycles. The number of carbonyl (C=O) groups excluding carboxylic acids is 2. The molecule has 1 aromatic heterocycles. The van der Waals surface area contributed by atoms with Crippen molar-refractivity contribution in [1.82, 2.24) is 20.2 Å². The van der Waals surface area contributed by atoms with Crippen LogP contribution in [-0.4, -0.2) is 45.3 Å². The number of hydrogen-bond donors (Lipinski definition) is 3. The van der Waals surface area contributed by atoms with Gasteiger partial charge in [0.2, 0.25) is 11.8 Å². The van der Waals surface area contributed by atoms with Gasteiger partial charge in [0.15, 0.2) is 0 Å². The van der Waals surface area contributed by atoms with E-state index in [9.17, 15) is 14.0 Å². The minimum Gasteiger partial charge on any atom is -0.350 e. The van der Waals surface area contributed by atoms with Crippen LogP contribution in [0.4, 0.5) is 4.39 Å². The summed E-state index contributed by atoms with van der Waals surface area (Å²) in [6.07, 6.45) is 5.10. The Labute approximate surface area is 192 Å². The zero-order valence-corrected chi connectivity index (χ0v) is 18.3. The number of benzene rings is 2. The summed E-state index contributed by atoms with van der Waals surface area (Å²) in [6.45, 7) is 0.894. The van der Waals surface area contributed by atoms with Crippen LogP contribution in [-0.2, 0) is 22.6 Å². The third-order valence-corrected chi connectivity index (χ3v) is 5.96. The predicted octanol–water partition coefficient (Wildman–Crippen LogP) is 2.78. The largest absolute Gasteiger partial charge is 0.350 e. The van der Waals surface area contributed by atoms with Crippen molar-refractivity contribution in [3.8, 4) is 11.3 Å². The van der Waals surface area contributed by atoms with Gasteiger partial charge in [0.1, 0.15) is 11.9 Å². The highest BCUT2D eigenvalue weighted by Gasteiger charge is 2.34. The van der Waals surface area contributed by atoms with E-state index in [1.807, 2.05) is 24.3 Å². The molecule has 8 heteroatoms. The van der Waals surface area contributed by atoms with E-state index >= 15 is 0 Å². The van der Waals surface area contributed by atoms with Gasteiger partial charge in [-0.1, -0.05) is 36.4 Å². The molecule has 2 amide bonds. The second-order valence-electron chi connectivity index (χ2n) is 8.39. The van der Waals surface area contributed by atoms with Crippen LogP contribution in [0.2, 0.25) is 0 Å². The monoisotopic (exact) mass is 449 g/mol. The smallest absolute Gasteiger partial charge is 0.243 e. The van der Waals surface area contributed by atoms with Crippen LogP contribution < -0.4 is 11.1 Å². The van der Waals surface area contributed by atoms with E-state index in [1.54, 1.807) is 35.6 Å². The fourth-order valence-corrected chi connectivity index (χ4v) is 4.27. The molecule has 1 aliphatic rings. The first kappa shape index (κ1) is 22.7. The molecule has 2 aromatic carbocycles. The average Bonchev–Trinajstić information content (AvgIpc) is 3.52. The molecule has 4 rings (SSSR count). The fourth-order valence-electron chi connectivity index (χ4n) is 4.27. The SMILES string of the molecule is N[C@@H](CC(=O)N1CCC[C@H]1C(=O)NCc1cccc(-c2cnc[nH]2)c1)Cc1ccccc1F. The van der Waals surface area contributed by atoms with Crippen molar-refractivity contribution in [3.63, 3.8) is 0 Å². The maximum atomic E-state index is 13.9. The lowest BCUT2D eigenvalue weighted by atomic mass is 10.0. The lowest BCUT2D eigenvalue weighted by molar-refractivity contribution is -0.138. The Bertz CT molecular complexity index is 1100. The number of imidazole rings is 1. The summed E-state index contributed by atoms with van der Waals surface area (Å²) in [6, 6.07) is 13.3. The molecular weight excluding hydrogens is 421 g/mol. The lowest BCUT2D eigenvalue weighted by Gasteiger charge is -2.25. The summed E-state index contributed by atoms with van der Waals surface area (Å²) < 4.78 is 13.9. The molecule has 172 valence electrons. The van der Waals surface area contributed by atoms with Crippen LogP contribution in [0.5, 0.6) is 0 Å². The minimum absolute atomic E-state index is 0.0738. The first-order valence-electron chi connectivity index (χ1n) is 11.1. The summed E-state index contributed by atoms with van der Waals surface area (Å²) in [4.78, 5) is 34.4. The molecule has 0 bridgehead atoms. The zero-order chi connectivity index (χ0) is 23.2. The Morgan fingerprint density at radius 3 is 2.88 bits per heavy atom. The van der Waals surface area contributed by atoms with Crippen molar-refractivity contribution in [3.05, 3.63) is 78.0 Å². The number of amides is 2.